The maximum absolute atomic E-state index is 12.2. The molecular weight excluding hydrogens is 356 g/mol. The Hall–Kier alpha value is -2.80. The third kappa shape index (κ3) is 3.43. The van der Waals surface area contributed by atoms with Gasteiger partial charge in [0.2, 0.25) is 5.91 Å². The Kier molecular flexibility index (Phi) is 4.62. The van der Waals surface area contributed by atoms with E-state index in [0.717, 1.165) is 17.0 Å². The lowest BCUT2D eigenvalue weighted by atomic mass is 10.1. The summed E-state index contributed by atoms with van der Waals surface area (Å²) in [4.78, 5) is 12.2. The fourth-order valence-electron chi connectivity index (χ4n) is 2.89. The van der Waals surface area contributed by atoms with Crippen LogP contribution in [0.1, 0.15) is 11.4 Å². The number of hydrogen-bond donors (Lipinski definition) is 1. The van der Waals surface area contributed by atoms with Gasteiger partial charge in [-0.1, -0.05) is 17.7 Å². The van der Waals surface area contributed by atoms with E-state index in [2.05, 4.69) is 15.5 Å². The summed E-state index contributed by atoms with van der Waals surface area (Å²) in [6.45, 7) is 1.43. The van der Waals surface area contributed by atoms with Crippen LogP contribution in [0.3, 0.4) is 0 Å². The molecule has 8 heteroatoms. The van der Waals surface area contributed by atoms with Crippen LogP contribution >= 0.6 is 11.6 Å². The van der Waals surface area contributed by atoms with E-state index in [1.54, 1.807) is 12.1 Å². The number of nitrogens with zero attached hydrogens (tertiary/aromatic N) is 3. The molecule has 1 aromatic carbocycles. The maximum Gasteiger partial charge on any atom is 0.224 e. The Morgan fingerprint density at radius 1 is 1.23 bits per heavy atom. The zero-order chi connectivity index (χ0) is 17.9. The van der Waals surface area contributed by atoms with Gasteiger partial charge in [0.1, 0.15) is 19.0 Å². The Morgan fingerprint density at radius 3 is 3.04 bits per heavy atom. The largest absolute Gasteiger partial charge is 0.486 e. The van der Waals surface area contributed by atoms with Crippen molar-refractivity contribution in [2.24, 2.45) is 0 Å². The molecule has 0 aliphatic carbocycles. The van der Waals surface area contributed by atoms with Crippen molar-refractivity contribution in [1.82, 2.24) is 19.9 Å². The van der Waals surface area contributed by atoms with Crippen molar-refractivity contribution in [3.63, 3.8) is 0 Å². The number of ether oxygens (including phenoxy) is 2. The van der Waals surface area contributed by atoms with Gasteiger partial charge in [-0.15, -0.1) is 10.2 Å². The summed E-state index contributed by atoms with van der Waals surface area (Å²) in [5.41, 5.74) is 1.57. The Bertz CT molecular complexity index is 957. The van der Waals surface area contributed by atoms with Crippen molar-refractivity contribution in [3.8, 4) is 11.5 Å². The van der Waals surface area contributed by atoms with Gasteiger partial charge in [0.05, 0.1) is 11.4 Å². The van der Waals surface area contributed by atoms with Gasteiger partial charge in [0, 0.05) is 19.2 Å². The molecule has 3 aromatic rings. The molecule has 2 aromatic heterocycles. The van der Waals surface area contributed by atoms with Gasteiger partial charge in [-0.2, -0.15) is 0 Å². The fraction of sp³-hybridized carbons (Fsp3) is 0.278. The molecule has 1 aliphatic heterocycles. The average Bonchev–Trinajstić information content (AvgIpc) is 3.05. The molecule has 0 saturated heterocycles. The first-order valence-corrected chi connectivity index (χ1v) is 8.72. The maximum atomic E-state index is 12.2. The van der Waals surface area contributed by atoms with Gasteiger partial charge in [-0.05, 0) is 29.8 Å². The Balaban J connectivity index is 1.35. The van der Waals surface area contributed by atoms with Crippen LogP contribution in [0.15, 0.2) is 36.5 Å². The molecule has 0 unspecified atom stereocenters. The number of pyridine rings is 1. The summed E-state index contributed by atoms with van der Waals surface area (Å²) >= 11 is 6.20. The van der Waals surface area contributed by atoms with Gasteiger partial charge >= 0.3 is 0 Å². The normalized spacial score (nSPS) is 13.0. The molecule has 0 fully saturated rings. The number of hydrogen-bond acceptors (Lipinski definition) is 5. The standard InChI is InChI=1S/C18H17ClN4O3/c19-13-9-12(10-14-18(13)26-8-7-25-14)11-17(24)20-5-4-16-22-21-15-3-1-2-6-23(15)16/h1-3,6,9-10H,4-5,7-8,11H2,(H,20,24). The van der Waals surface area contributed by atoms with Crippen LogP contribution in [0.2, 0.25) is 5.02 Å². The third-order valence-electron chi connectivity index (χ3n) is 4.08. The van der Waals surface area contributed by atoms with Crippen molar-refractivity contribution < 1.29 is 14.3 Å². The van der Waals surface area contributed by atoms with E-state index >= 15 is 0 Å². The quantitative estimate of drug-likeness (QED) is 0.741. The molecule has 26 heavy (non-hydrogen) atoms. The molecule has 0 spiro atoms. The minimum atomic E-state index is -0.0911. The highest BCUT2D eigenvalue weighted by molar-refractivity contribution is 6.32. The topological polar surface area (TPSA) is 77.8 Å². The van der Waals surface area contributed by atoms with Crippen LogP contribution in [-0.4, -0.2) is 40.3 Å². The number of halogens is 1. The molecular formula is C18H17ClN4O3. The van der Waals surface area contributed by atoms with Crippen molar-refractivity contribution in [2.75, 3.05) is 19.8 Å². The number of fused-ring (bicyclic) bond motifs is 2. The highest BCUT2D eigenvalue weighted by Crippen LogP contribution is 2.38. The van der Waals surface area contributed by atoms with E-state index in [-0.39, 0.29) is 12.3 Å². The average molecular weight is 373 g/mol. The predicted octanol–water partition coefficient (Wildman–Crippen LogP) is 2.06. The monoisotopic (exact) mass is 372 g/mol. The van der Waals surface area contributed by atoms with Crippen molar-refractivity contribution in [2.45, 2.75) is 12.8 Å². The number of rotatable bonds is 5. The zero-order valence-corrected chi connectivity index (χ0v) is 14.7. The van der Waals surface area contributed by atoms with Crippen LogP contribution in [0, 0.1) is 0 Å². The summed E-state index contributed by atoms with van der Waals surface area (Å²) < 4.78 is 12.9. The van der Waals surface area contributed by atoms with E-state index in [0.29, 0.717) is 42.7 Å². The van der Waals surface area contributed by atoms with Crippen LogP contribution in [0.4, 0.5) is 0 Å². The zero-order valence-electron chi connectivity index (χ0n) is 13.9. The molecule has 1 amide bonds. The molecule has 134 valence electrons. The summed E-state index contributed by atoms with van der Waals surface area (Å²) in [5, 5.41) is 11.6. The molecule has 0 radical (unpaired) electrons. The van der Waals surface area contributed by atoms with Crippen molar-refractivity contribution in [3.05, 3.63) is 52.9 Å². The van der Waals surface area contributed by atoms with Gasteiger partial charge in [0.15, 0.2) is 17.1 Å². The lowest BCUT2D eigenvalue weighted by Crippen LogP contribution is -2.27. The molecule has 4 rings (SSSR count). The number of amides is 1. The van der Waals surface area contributed by atoms with Crippen LogP contribution in [0.25, 0.3) is 5.65 Å². The van der Waals surface area contributed by atoms with E-state index in [4.69, 9.17) is 21.1 Å². The van der Waals surface area contributed by atoms with Gasteiger partial charge in [-0.25, -0.2) is 0 Å². The smallest absolute Gasteiger partial charge is 0.224 e. The van der Waals surface area contributed by atoms with Crippen molar-refractivity contribution >= 4 is 23.2 Å². The van der Waals surface area contributed by atoms with Gasteiger partial charge < -0.3 is 14.8 Å². The SMILES string of the molecule is O=C(Cc1cc(Cl)c2c(c1)OCCO2)NCCc1nnc2ccccn12. The van der Waals surface area contributed by atoms with Crippen LogP contribution < -0.4 is 14.8 Å². The minimum Gasteiger partial charge on any atom is -0.486 e. The number of benzene rings is 1. The third-order valence-corrected chi connectivity index (χ3v) is 4.36. The number of carbonyl (C=O) groups is 1. The highest BCUT2D eigenvalue weighted by atomic mass is 35.5. The molecule has 0 saturated carbocycles. The molecule has 7 nitrogen and oxygen atoms in total. The fourth-order valence-corrected chi connectivity index (χ4v) is 3.18. The number of carbonyl (C=O) groups excluding carboxylic acids is 1. The Morgan fingerprint density at radius 2 is 2.12 bits per heavy atom. The van der Waals surface area contributed by atoms with Crippen LogP contribution in [0.5, 0.6) is 11.5 Å². The summed E-state index contributed by atoms with van der Waals surface area (Å²) in [6, 6.07) is 9.26. The van der Waals surface area contributed by atoms with E-state index in [1.165, 1.54) is 0 Å². The lowest BCUT2D eigenvalue weighted by molar-refractivity contribution is -0.120. The van der Waals surface area contributed by atoms with E-state index in [1.807, 2.05) is 28.8 Å². The highest BCUT2D eigenvalue weighted by Gasteiger charge is 2.17. The molecule has 0 bridgehead atoms. The molecule has 1 aliphatic rings. The first kappa shape index (κ1) is 16.7. The minimum absolute atomic E-state index is 0.0911. The predicted molar refractivity (Wildman–Crippen MR) is 95.8 cm³/mol. The number of nitrogens with one attached hydrogen (secondary N) is 1. The lowest BCUT2D eigenvalue weighted by Gasteiger charge is -2.20. The Labute approximate surface area is 154 Å². The first-order valence-electron chi connectivity index (χ1n) is 8.34. The van der Waals surface area contributed by atoms with Gasteiger partial charge in [0.25, 0.3) is 0 Å². The number of aromatic nitrogens is 3. The second-order valence-corrected chi connectivity index (χ2v) is 6.33. The van der Waals surface area contributed by atoms with Crippen molar-refractivity contribution in [1.29, 1.82) is 0 Å². The second-order valence-electron chi connectivity index (χ2n) is 5.92. The van der Waals surface area contributed by atoms with Crippen LogP contribution in [-0.2, 0) is 17.6 Å². The summed E-state index contributed by atoms with van der Waals surface area (Å²) in [5.74, 6) is 1.84. The van der Waals surface area contributed by atoms with Gasteiger partial charge in [-0.3, -0.25) is 9.20 Å². The first-order chi connectivity index (χ1) is 12.7. The van der Waals surface area contributed by atoms with E-state index in [9.17, 15) is 4.79 Å². The summed E-state index contributed by atoms with van der Waals surface area (Å²) in [6.07, 6.45) is 2.72. The molecule has 0 atom stereocenters. The molecule has 1 N–H and O–H groups in total. The summed E-state index contributed by atoms with van der Waals surface area (Å²) in [7, 11) is 0. The van der Waals surface area contributed by atoms with E-state index < -0.39 is 0 Å². The molecule has 3 heterocycles. The second kappa shape index (κ2) is 7.21.